The van der Waals surface area contributed by atoms with Gasteiger partial charge in [0.15, 0.2) is 5.78 Å². The molecule has 0 unspecified atom stereocenters. The Balaban J connectivity index is 0.000000196. The van der Waals surface area contributed by atoms with E-state index in [9.17, 15) is 14.4 Å². The molecule has 36 heavy (non-hydrogen) atoms. The summed E-state index contributed by atoms with van der Waals surface area (Å²) in [6.45, 7) is 0. The lowest BCUT2D eigenvalue weighted by molar-refractivity contribution is -0.120. The molecule has 2 fully saturated rings. The molecule has 0 bridgehead atoms. The van der Waals surface area contributed by atoms with Crippen LogP contribution < -0.4 is 0 Å². The van der Waals surface area contributed by atoms with Gasteiger partial charge in [0.25, 0.3) is 0 Å². The van der Waals surface area contributed by atoms with E-state index in [1.54, 1.807) is 12.1 Å². The highest BCUT2D eigenvalue weighted by Crippen LogP contribution is 2.28. The summed E-state index contributed by atoms with van der Waals surface area (Å²) in [6, 6.07) is 29.2. The van der Waals surface area contributed by atoms with Crippen molar-refractivity contribution in [1.82, 2.24) is 0 Å². The van der Waals surface area contributed by atoms with Gasteiger partial charge in [0.05, 0.1) is 0 Å². The van der Waals surface area contributed by atoms with Crippen LogP contribution in [0.4, 0.5) is 0 Å². The molecule has 0 radical (unpaired) electrons. The highest BCUT2D eigenvalue weighted by atomic mass is 16.1. The van der Waals surface area contributed by atoms with Gasteiger partial charge in [-0.1, -0.05) is 97.4 Å². The lowest BCUT2D eigenvalue weighted by Gasteiger charge is -2.16. The predicted molar refractivity (Wildman–Crippen MR) is 148 cm³/mol. The molecule has 2 aliphatic carbocycles. The third-order valence-corrected chi connectivity index (χ3v) is 6.10. The average molecular weight is 479 g/mol. The maximum Gasteiger partial charge on any atom is 0.185 e. The lowest BCUT2D eigenvalue weighted by Crippen LogP contribution is -2.12. The molecule has 0 aliphatic heterocycles. The first-order valence-electron chi connectivity index (χ1n) is 12.7. The van der Waals surface area contributed by atoms with Gasteiger partial charge in [0.2, 0.25) is 0 Å². The number of carbonyl (C=O) groups excluding carboxylic acids is 3. The Morgan fingerprint density at radius 1 is 0.472 bits per heavy atom. The molecule has 2 saturated carbocycles. The molecule has 0 saturated heterocycles. The summed E-state index contributed by atoms with van der Waals surface area (Å²) in [5.74, 6) is 0.667. The second kappa shape index (κ2) is 15.2. The van der Waals surface area contributed by atoms with E-state index in [4.69, 9.17) is 0 Å². The van der Waals surface area contributed by atoms with Gasteiger partial charge in [-0.2, -0.15) is 0 Å². The summed E-state index contributed by atoms with van der Waals surface area (Å²) >= 11 is 0. The molecule has 0 N–H and O–H groups in total. The minimum absolute atomic E-state index is 0.203. The molecule has 3 aromatic carbocycles. The maximum atomic E-state index is 12.6. The summed E-state index contributed by atoms with van der Waals surface area (Å²) < 4.78 is 0. The molecule has 184 valence electrons. The first-order chi connectivity index (χ1) is 17.7. The molecule has 0 aromatic heterocycles. The van der Waals surface area contributed by atoms with Crippen LogP contribution in [0.5, 0.6) is 0 Å². The quantitative estimate of drug-likeness (QED) is 0.284. The summed E-state index contributed by atoms with van der Waals surface area (Å²) in [7, 11) is 0. The van der Waals surface area contributed by atoms with Crippen molar-refractivity contribution in [2.45, 2.75) is 51.4 Å². The highest BCUT2D eigenvalue weighted by Gasteiger charge is 2.20. The first kappa shape index (κ1) is 26.7. The number of ketones is 2. The van der Waals surface area contributed by atoms with E-state index < -0.39 is 0 Å². The minimum Gasteiger partial charge on any atom is -0.300 e. The fourth-order valence-corrected chi connectivity index (χ4v) is 4.16. The van der Waals surface area contributed by atoms with Crippen LogP contribution in [0.15, 0.2) is 102 Å². The van der Waals surface area contributed by atoms with Gasteiger partial charge >= 0.3 is 0 Å². The van der Waals surface area contributed by atoms with Crippen molar-refractivity contribution in [1.29, 1.82) is 0 Å². The molecule has 3 heteroatoms. The van der Waals surface area contributed by atoms with Crippen LogP contribution in [0.2, 0.25) is 0 Å². The van der Waals surface area contributed by atoms with E-state index in [0.717, 1.165) is 79.1 Å². The first-order valence-corrected chi connectivity index (χ1v) is 12.7. The monoisotopic (exact) mass is 478 g/mol. The predicted octanol–water partition coefficient (Wildman–Crippen LogP) is 7.93. The normalized spacial score (nSPS) is 17.4. The van der Waals surface area contributed by atoms with E-state index in [1.807, 2.05) is 91.0 Å². The van der Waals surface area contributed by atoms with Crippen LogP contribution in [-0.4, -0.2) is 17.9 Å². The standard InChI is InChI=1S/C20H18O.C7H6O.C6H10O/c21-20-18(14-16-8-3-1-4-9-16)12-7-13-19(20)15-17-10-5-2-6-11-17;8-6-7-4-2-1-3-5-7;7-6-4-2-1-3-5-6/h1-6,8-11,14-15H,7,12-13H2;1-6H;1-5H2/b18-14+,19-15+;;. The summed E-state index contributed by atoms with van der Waals surface area (Å²) in [4.78, 5) is 33.1. The smallest absolute Gasteiger partial charge is 0.185 e. The topological polar surface area (TPSA) is 51.2 Å². The van der Waals surface area contributed by atoms with Crippen LogP contribution >= 0.6 is 0 Å². The van der Waals surface area contributed by atoms with Gasteiger partial charge in [0.1, 0.15) is 12.1 Å². The SMILES string of the molecule is O=C1/C(=C/c2ccccc2)CCC/C1=C\c1ccccc1.O=C1CCCCC1.O=Cc1ccccc1. The summed E-state index contributed by atoms with van der Waals surface area (Å²) in [5.41, 5.74) is 4.78. The van der Waals surface area contributed by atoms with Crippen molar-refractivity contribution in [3.05, 3.63) is 119 Å². The Labute approximate surface area is 214 Å². The molecule has 0 heterocycles. The third-order valence-electron chi connectivity index (χ3n) is 6.10. The molecular weight excluding hydrogens is 444 g/mol. The van der Waals surface area contributed by atoms with E-state index in [2.05, 4.69) is 0 Å². The van der Waals surface area contributed by atoms with Gasteiger partial charge < -0.3 is 0 Å². The van der Waals surface area contributed by atoms with Crippen molar-refractivity contribution in [3.8, 4) is 0 Å². The van der Waals surface area contributed by atoms with Crippen LogP contribution in [0.25, 0.3) is 12.2 Å². The zero-order chi connectivity index (χ0) is 25.4. The molecule has 3 nitrogen and oxygen atoms in total. The van der Waals surface area contributed by atoms with Gasteiger partial charge in [-0.25, -0.2) is 0 Å². The molecule has 0 spiro atoms. The Morgan fingerprint density at radius 2 is 0.889 bits per heavy atom. The van der Waals surface area contributed by atoms with Crippen molar-refractivity contribution < 1.29 is 14.4 Å². The Bertz CT molecular complexity index is 1090. The fraction of sp³-hybridized carbons (Fsp3) is 0.242. The number of hydrogen-bond donors (Lipinski definition) is 0. The number of hydrogen-bond acceptors (Lipinski definition) is 3. The van der Waals surface area contributed by atoms with Gasteiger partial charge in [-0.3, -0.25) is 14.4 Å². The summed E-state index contributed by atoms with van der Waals surface area (Å²) in [5, 5.41) is 0. The number of carbonyl (C=O) groups is 3. The Kier molecular flexibility index (Phi) is 11.3. The van der Waals surface area contributed by atoms with Gasteiger partial charge in [-0.15, -0.1) is 0 Å². The van der Waals surface area contributed by atoms with E-state index in [1.165, 1.54) is 6.42 Å². The number of benzene rings is 3. The lowest BCUT2D eigenvalue weighted by atomic mass is 9.87. The van der Waals surface area contributed by atoms with Crippen LogP contribution in [0, 0.1) is 0 Å². The van der Waals surface area contributed by atoms with Crippen LogP contribution in [0.1, 0.15) is 72.9 Å². The Morgan fingerprint density at radius 3 is 1.22 bits per heavy atom. The van der Waals surface area contributed by atoms with Gasteiger partial charge in [0, 0.05) is 29.6 Å². The van der Waals surface area contributed by atoms with Crippen molar-refractivity contribution in [2.24, 2.45) is 0 Å². The number of Topliss-reactive ketones (excluding diaryl/α,β-unsaturated/α-hetero) is 2. The molecule has 3 aromatic rings. The molecular formula is C33H34O3. The summed E-state index contributed by atoms with van der Waals surface area (Å²) in [6.07, 6.45) is 12.9. The van der Waals surface area contributed by atoms with Crippen molar-refractivity contribution >= 4 is 30.0 Å². The van der Waals surface area contributed by atoms with Crippen LogP contribution in [-0.2, 0) is 9.59 Å². The van der Waals surface area contributed by atoms with Crippen LogP contribution in [0.3, 0.4) is 0 Å². The maximum absolute atomic E-state index is 12.6. The molecule has 0 amide bonds. The average Bonchev–Trinajstić information content (AvgIpc) is 2.94. The number of rotatable bonds is 3. The van der Waals surface area contributed by atoms with Crippen molar-refractivity contribution in [2.75, 3.05) is 0 Å². The molecule has 5 rings (SSSR count). The van der Waals surface area contributed by atoms with E-state index in [-0.39, 0.29) is 5.78 Å². The fourth-order valence-electron chi connectivity index (χ4n) is 4.16. The zero-order valence-electron chi connectivity index (χ0n) is 20.8. The number of aldehydes is 1. The third kappa shape index (κ3) is 9.42. The van der Waals surface area contributed by atoms with E-state index in [0.29, 0.717) is 5.78 Å². The molecule has 0 atom stereocenters. The van der Waals surface area contributed by atoms with Crippen molar-refractivity contribution in [3.63, 3.8) is 0 Å². The highest BCUT2D eigenvalue weighted by molar-refractivity contribution is 6.13. The number of allylic oxidation sites excluding steroid dienone is 2. The zero-order valence-corrected chi connectivity index (χ0v) is 20.8. The van der Waals surface area contributed by atoms with Gasteiger partial charge in [-0.05, 0) is 55.4 Å². The van der Waals surface area contributed by atoms with E-state index >= 15 is 0 Å². The second-order valence-electron chi connectivity index (χ2n) is 8.97. The largest absolute Gasteiger partial charge is 0.300 e. The second-order valence-corrected chi connectivity index (χ2v) is 8.97. The Hall–Kier alpha value is -3.85. The minimum atomic E-state index is 0.203. The molecule has 2 aliphatic rings.